The van der Waals surface area contributed by atoms with Crippen molar-refractivity contribution in [3.05, 3.63) is 52.5 Å². The highest BCUT2D eigenvalue weighted by molar-refractivity contribution is 7.92. The summed E-state index contributed by atoms with van der Waals surface area (Å²) in [6.07, 6.45) is 0. The third kappa shape index (κ3) is 3.27. The van der Waals surface area contributed by atoms with Crippen molar-refractivity contribution in [2.75, 3.05) is 4.72 Å². The van der Waals surface area contributed by atoms with Crippen LogP contribution >= 0.6 is 11.6 Å². The van der Waals surface area contributed by atoms with Crippen LogP contribution in [0.3, 0.4) is 0 Å². The van der Waals surface area contributed by atoms with Gasteiger partial charge in [-0.3, -0.25) is 4.72 Å². The van der Waals surface area contributed by atoms with E-state index in [1.165, 1.54) is 36.4 Å². The van der Waals surface area contributed by atoms with Crippen molar-refractivity contribution in [1.29, 1.82) is 5.26 Å². The number of hydrogen-bond acceptors (Lipinski definition) is 4. The molecule has 0 saturated carbocycles. The fourth-order valence-corrected chi connectivity index (χ4v) is 3.28. The molecule has 0 saturated heterocycles. The van der Waals surface area contributed by atoms with Gasteiger partial charge in [0, 0.05) is 5.69 Å². The normalized spacial score (nSPS) is 10.9. The zero-order valence-corrected chi connectivity index (χ0v) is 12.5. The zero-order valence-electron chi connectivity index (χ0n) is 11.0. The fraction of sp³-hybridized carbons (Fsp3) is 0.0714. The van der Waals surface area contributed by atoms with Gasteiger partial charge in [0.05, 0.1) is 16.7 Å². The van der Waals surface area contributed by atoms with E-state index in [-0.39, 0.29) is 21.2 Å². The second-order valence-electron chi connectivity index (χ2n) is 4.36. The van der Waals surface area contributed by atoms with Gasteiger partial charge in [-0.05, 0) is 48.9 Å². The van der Waals surface area contributed by atoms with E-state index in [0.29, 0.717) is 11.3 Å². The van der Waals surface area contributed by atoms with Crippen LogP contribution in [0.1, 0.15) is 11.1 Å². The summed E-state index contributed by atoms with van der Waals surface area (Å²) in [7, 11) is -3.92. The lowest BCUT2D eigenvalue weighted by Crippen LogP contribution is -2.13. The van der Waals surface area contributed by atoms with Crippen LogP contribution in [0.2, 0.25) is 5.02 Å². The van der Waals surface area contributed by atoms with E-state index in [2.05, 4.69) is 4.72 Å². The maximum absolute atomic E-state index is 12.3. The summed E-state index contributed by atoms with van der Waals surface area (Å²) in [5, 5.41) is 18.3. The average Bonchev–Trinajstić information content (AvgIpc) is 2.43. The van der Waals surface area contributed by atoms with Gasteiger partial charge in [-0.15, -0.1) is 0 Å². The largest absolute Gasteiger partial charge is 0.508 e. The van der Waals surface area contributed by atoms with Crippen molar-refractivity contribution in [1.82, 2.24) is 0 Å². The minimum atomic E-state index is -3.92. The molecule has 0 amide bonds. The van der Waals surface area contributed by atoms with E-state index in [1.807, 2.05) is 6.07 Å². The molecule has 7 heteroatoms. The highest BCUT2D eigenvalue weighted by Gasteiger charge is 2.19. The van der Waals surface area contributed by atoms with Gasteiger partial charge in [-0.2, -0.15) is 5.26 Å². The number of aromatic hydroxyl groups is 1. The van der Waals surface area contributed by atoms with Crippen LogP contribution in [0, 0.1) is 18.3 Å². The van der Waals surface area contributed by atoms with Crippen molar-refractivity contribution < 1.29 is 13.5 Å². The molecule has 2 aromatic carbocycles. The van der Waals surface area contributed by atoms with Crippen molar-refractivity contribution in [3.8, 4) is 11.8 Å². The quantitative estimate of drug-likeness (QED) is 0.850. The molecular formula is C14H11ClN2O3S. The van der Waals surface area contributed by atoms with Gasteiger partial charge in [-0.1, -0.05) is 11.6 Å². The second kappa shape index (κ2) is 5.64. The SMILES string of the molecule is Cc1cc(NS(=O)(=O)c2cc(C#N)ccc2Cl)ccc1O. The first-order chi connectivity index (χ1) is 9.83. The molecule has 0 bridgehead atoms. The van der Waals surface area contributed by atoms with E-state index in [9.17, 15) is 13.5 Å². The highest BCUT2D eigenvalue weighted by atomic mass is 35.5. The minimum Gasteiger partial charge on any atom is -0.508 e. The summed E-state index contributed by atoms with van der Waals surface area (Å²) in [5.41, 5.74) is 1.03. The van der Waals surface area contributed by atoms with E-state index in [0.717, 1.165) is 0 Å². The van der Waals surface area contributed by atoms with Gasteiger partial charge in [0.1, 0.15) is 10.6 Å². The van der Waals surface area contributed by atoms with Crippen molar-refractivity contribution in [2.24, 2.45) is 0 Å². The Morgan fingerprint density at radius 1 is 1.24 bits per heavy atom. The van der Waals surface area contributed by atoms with Crippen LogP contribution in [-0.2, 0) is 10.0 Å². The molecule has 0 radical (unpaired) electrons. The second-order valence-corrected chi connectivity index (χ2v) is 6.42. The van der Waals surface area contributed by atoms with E-state index >= 15 is 0 Å². The van der Waals surface area contributed by atoms with E-state index < -0.39 is 10.0 Å². The summed E-state index contributed by atoms with van der Waals surface area (Å²) in [5.74, 6) is 0.0717. The maximum atomic E-state index is 12.3. The summed E-state index contributed by atoms with van der Waals surface area (Å²) < 4.78 is 27.0. The first-order valence-electron chi connectivity index (χ1n) is 5.85. The molecular weight excluding hydrogens is 312 g/mol. The molecule has 108 valence electrons. The lowest BCUT2D eigenvalue weighted by atomic mass is 10.2. The van der Waals surface area contributed by atoms with Gasteiger partial charge >= 0.3 is 0 Å². The number of nitriles is 1. The molecule has 0 aliphatic rings. The standard InChI is InChI=1S/C14H11ClN2O3S/c1-9-6-11(3-5-13(9)18)17-21(19,20)14-7-10(8-16)2-4-12(14)15/h2-7,17-18H,1H3. The molecule has 2 N–H and O–H groups in total. The number of anilines is 1. The Hall–Kier alpha value is -2.23. The lowest BCUT2D eigenvalue weighted by molar-refractivity contribution is 0.471. The number of nitrogens with one attached hydrogen (secondary N) is 1. The van der Waals surface area contributed by atoms with Crippen LogP contribution in [-0.4, -0.2) is 13.5 Å². The Labute approximate surface area is 127 Å². The number of hydrogen-bond donors (Lipinski definition) is 2. The molecule has 2 aromatic rings. The number of phenolic OH excluding ortho intramolecular Hbond substituents is 1. The van der Waals surface area contributed by atoms with Crippen molar-refractivity contribution in [3.63, 3.8) is 0 Å². The third-order valence-corrected chi connectivity index (χ3v) is 4.66. The molecule has 0 heterocycles. The number of phenols is 1. The molecule has 0 unspecified atom stereocenters. The van der Waals surface area contributed by atoms with Crippen molar-refractivity contribution >= 4 is 27.3 Å². The van der Waals surface area contributed by atoms with Gasteiger partial charge < -0.3 is 5.11 Å². The Kier molecular flexibility index (Phi) is 4.07. The first kappa shape index (κ1) is 15.2. The monoisotopic (exact) mass is 322 g/mol. The summed E-state index contributed by atoms with van der Waals surface area (Å²) in [4.78, 5) is -0.172. The topological polar surface area (TPSA) is 90.2 Å². The predicted molar refractivity (Wildman–Crippen MR) is 79.8 cm³/mol. The summed E-state index contributed by atoms with van der Waals surface area (Å²) >= 11 is 5.89. The van der Waals surface area contributed by atoms with E-state index in [1.54, 1.807) is 6.92 Å². The number of rotatable bonds is 3. The van der Waals surface area contributed by atoms with Gasteiger partial charge in [0.2, 0.25) is 0 Å². The average molecular weight is 323 g/mol. The molecule has 0 fully saturated rings. The molecule has 5 nitrogen and oxygen atoms in total. The Bertz CT molecular complexity index is 842. The summed E-state index contributed by atoms with van der Waals surface area (Å²) in [6, 6.07) is 10.2. The number of aryl methyl sites for hydroxylation is 1. The van der Waals surface area contributed by atoms with Gasteiger partial charge in [-0.25, -0.2) is 8.42 Å². The predicted octanol–water partition coefficient (Wildman–Crippen LogP) is 3.03. The number of sulfonamides is 1. The molecule has 0 aliphatic heterocycles. The van der Waals surface area contributed by atoms with Gasteiger partial charge in [0.25, 0.3) is 10.0 Å². The number of nitrogens with zero attached hydrogens (tertiary/aromatic N) is 1. The van der Waals surface area contributed by atoms with Crippen LogP contribution in [0.15, 0.2) is 41.3 Å². The van der Waals surface area contributed by atoms with Crippen molar-refractivity contribution in [2.45, 2.75) is 11.8 Å². The van der Waals surface area contributed by atoms with Gasteiger partial charge in [0.15, 0.2) is 0 Å². The number of halogens is 1. The van der Waals surface area contributed by atoms with E-state index in [4.69, 9.17) is 16.9 Å². The Balaban J connectivity index is 2.43. The van der Waals surface area contributed by atoms with Crippen LogP contribution in [0.4, 0.5) is 5.69 Å². The zero-order chi connectivity index (χ0) is 15.6. The van der Waals surface area contributed by atoms with Crippen LogP contribution < -0.4 is 4.72 Å². The fourth-order valence-electron chi connectivity index (χ4n) is 1.71. The molecule has 0 aromatic heterocycles. The summed E-state index contributed by atoms with van der Waals surface area (Å²) in [6.45, 7) is 1.65. The maximum Gasteiger partial charge on any atom is 0.263 e. The van der Waals surface area contributed by atoms with Crippen LogP contribution in [0.25, 0.3) is 0 Å². The smallest absolute Gasteiger partial charge is 0.263 e. The first-order valence-corrected chi connectivity index (χ1v) is 7.71. The molecule has 2 rings (SSSR count). The molecule has 0 atom stereocenters. The molecule has 0 aliphatic carbocycles. The molecule has 0 spiro atoms. The molecule has 21 heavy (non-hydrogen) atoms. The minimum absolute atomic E-state index is 0.0250. The number of benzene rings is 2. The third-order valence-electron chi connectivity index (χ3n) is 2.80. The Morgan fingerprint density at radius 2 is 1.95 bits per heavy atom. The Morgan fingerprint density at radius 3 is 2.57 bits per heavy atom. The lowest BCUT2D eigenvalue weighted by Gasteiger charge is -2.10. The van der Waals surface area contributed by atoms with Crippen LogP contribution in [0.5, 0.6) is 5.75 Å². The highest BCUT2D eigenvalue weighted by Crippen LogP contribution is 2.26.